The molecule has 3 N–H and O–H groups in total. The molecule has 0 saturated heterocycles. The van der Waals surface area contributed by atoms with Crippen molar-refractivity contribution in [2.45, 2.75) is 12.5 Å². The van der Waals surface area contributed by atoms with Crippen molar-refractivity contribution >= 4 is 18.0 Å². The van der Waals surface area contributed by atoms with Crippen LogP contribution in [-0.2, 0) is 0 Å². The Bertz CT molecular complexity index is 1350. The third kappa shape index (κ3) is 6.04. The van der Waals surface area contributed by atoms with Gasteiger partial charge in [-0.2, -0.15) is 0 Å². The summed E-state index contributed by atoms with van der Waals surface area (Å²) in [5.41, 5.74) is 1.44. The van der Waals surface area contributed by atoms with Gasteiger partial charge in [-0.25, -0.2) is 9.59 Å². The van der Waals surface area contributed by atoms with Crippen molar-refractivity contribution in [1.82, 2.24) is 0 Å². The number of benzene rings is 3. The minimum atomic E-state index is -0.827. The van der Waals surface area contributed by atoms with Crippen molar-refractivity contribution in [2.75, 3.05) is 0 Å². The van der Waals surface area contributed by atoms with Gasteiger partial charge in [0, 0.05) is 6.07 Å². The van der Waals surface area contributed by atoms with E-state index < -0.39 is 18.0 Å². The topological polar surface area (TPSA) is 113 Å². The highest BCUT2D eigenvalue weighted by Crippen LogP contribution is 2.27. The number of carbonyl (C=O) groups excluding carboxylic acids is 2. The summed E-state index contributed by atoms with van der Waals surface area (Å²) in [5, 5.41) is 29.5. The van der Waals surface area contributed by atoms with E-state index in [0.29, 0.717) is 12.0 Å². The molecule has 0 saturated carbocycles. The fourth-order valence-electron chi connectivity index (χ4n) is 3.39. The summed E-state index contributed by atoms with van der Waals surface area (Å²) in [6, 6.07) is 16.4. The number of para-hydroxylation sites is 2. The van der Waals surface area contributed by atoms with Crippen LogP contribution in [0.25, 0.3) is 6.08 Å². The molecule has 0 amide bonds. The normalized spacial score (nSPS) is 15.0. The van der Waals surface area contributed by atoms with Crippen LogP contribution < -0.4 is 9.47 Å². The summed E-state index contributed by atoms with van der Waals surface area (Å²) in [5.74, 6) is -1.90. The van der Waals surface area contributed by atoms with Crippen molar-refractivity contribution in [3.63, 3.8) is 0 Å². The molecule has 0 spiro atoms. The number of aliphatic hydroxyl groups excluding tert-OH is 1. The number of rotatable bonds is 6. The van der Waals surface area contributed by atoms with Gasteiger partial charge in [-0.1, -0.05) is 54.6 Å². The molecule has 1 unspecified atom stereocenters. The second-order valence-corrected chi connectivity index (χ2v) is 7.75. The maximum Gasteiger partial charge on any atom is 0.347 e. The predicted octanol–water partition coefficient (Wildman–Crippen LogP) is 4.80. The van der Waals surface area contributed by atoms with Gasteiger partial charge in [0.05, 0.1) is 6.10 Å². The number of ether oxygens (including phenoxy) is 2. The Morgan fingerprint density at radius 2 is 1.57 bits per heavy atom. The molecule has 1 atom stereocenters. The quantitative estimate of drug-likeness (QED) is 0.350. The summed E-state index contributed by atoms with van der Waals surface area (Å²) >= 11 is 0. The minimum absolute atomic E-state index is 0.00670. The van der Waals surface area contributed by atoms with E-state index in [1.54, 1.807) is 48.6 Å². The molecule has 0 bridgehead atoms. The standard InChI is InChI=1S/C28H22O7/c29-20-13-11-18(12-14-20)9-10-19-15-21(30)17-22(16-19)34-28(33)24-6-2-4-8-26(24)35-27(32)23-5-1-3-7-25(23)31/h1-13,15-17,20,29-31H,14H2. The van der Waals surface area contributed by atoms with Crippen LogP contribution in [0.2, 0.25) is 0 Å². The molecule has 7 nitrogen and oxygen atoms in total. The van der Waals surface area contributed by atoms with Gasteiger partial charge in [-0.05, 0) is 54.0 Å². The second kappa shape index (κ2) is 10.5. The van der Waals surface area contributed by atoms with Gasteiger partial charge in [0.15, 0.2) is 0 Å². The molecule has 0 radical (unpaired) electrons. The maximum atomic E-state index is 12.9. The highest BCUT2D eigenvalue weighted by atomic mass is 16.6. The highest BCUT2D eigenvalue weighted by molar-refractivity contribution is 5.98. The first kappa shape index (κ1) is 23.5. The number of aliphatic hydroxyl groups is 1. The van der Waals surface area contributed by atoms with Crippen molar-refractivity contribution in [3.8, 4) is 23.0 Å². The van der Waals surface area contributed by atoms with Gasteiger partial charge in [-0.3, -0.25) is 0 Å². The summed E-state index contributed by atoms with van der Waals surface area (Å²) in [6.07, 6.45) is 8.97. The first-order valence-corrected chi connectivity index (χ1v) is 10.8. The summed E-state index contributed by atoms with van der Waals surface area (Å²) in [6.45, 7) is 0. The van der Waals surface area contributed by atoms with Gasteiger partial charge in [-0.15, -0.1) is 0 Å². The molecule has 1 aliphatic rings. The smallest absolute Gasteiger partial charge is 0.347 e. The molecular weight excluding hydrogens is 448 g/mol. The lowest BCUT2D eigenvalue weighted by atomic mass is 10.0. The molecular formula is C28H22O7. The molecule has 0 heterocycles. The molecule has 3 aromatic carbocycles. The third-order valence-corrected chi connectivity index (χ3v) is 5.13. The van der Waals surface area contributed by atoms with E-state index in [1.807, 2.05) is 12.2 Å². The molecule has 0 aliphatic heterocycles. The van der Waals surface area contributed by atoms with E-state index in [0.717, 1.165) is 5.57 Å². The number of phenols is 2. The van der Waals surface area contributed by atoms with E-state index in [4.69, 9.17) is 9.47 Å². The molecule has 0 fully saturated rings. The Balaban J connectivity index is 1.51. The summed E-state index contributed by atoms with van der Waals surface area (Å²) in [7, 11) is 0. The molecule has 7 heteroatoms. The minimum Gasteiger partial charge on any atom is -0.508 e. The van der Waals surface area contributed by atoms with Crippen LogP contribution in [0.3, 0.4) is 0 Å². The maximum absolute atomic E-state index is 12.9. The van der Waals surface area contributed by atoms with E-state index in [9.17, 15) is 24.9 Å². The zero-order valence-electron chi connectivity index (χ0n) is 18.5. The van der Waals surface area contributed by atoms with E-state index in [1.165, 1.54) is 36.4 Å². The van der Waals surface area contributed by atoms with Crippen molar-refractivity contribution in [2.24, 2.45) is 0 Å². The number of hydrogen-bond acceptors (Lipinski definition) is 7. The number of hydrogen-bond donors (Lipinski definition) is 3. The van der Waals surface area contributed by atoms with Crippen LogP contribution in [-0.4, -0.2) is 33.4 Å². The van der Waals surface area contributed by atoms with Crippen molar-refractivity contribution < 1.29 is 34.4 Å². The lowest BCUT2D eigenvalue weighted by molar-refractivity contribution is 0.0705. The lowest BCUT2D eigenvalue weighted by Gasteiger charge is -2.11. The van der Waals surface area contributed by atoms with Crippen LogP contribution in [0.5, 0.6) is 23.0 Å². The second-order valence-electron chi connectivity index (χ2n) is 7.75. The number of phenolic OH excluding ortho intramolecular Hbond substituents is 2. The number of carbonyl (C=O) groups is 2. The lowest BCUT2D eigenvalue weighted by Crippen LogP contribution is -2.14. The Morgan fingerprint density at radius 1 is 0.857 bits per heavy atom. The molecule has 4 rings (SSSR count). The summed E-state index contributed by atoms with van der Waals surface area (Å²) in [4.78, 5) is 25.4. The predicted molar refractivity (Wildman–Crippen MR) is 129 cm³/mol. The van der Waals surface area contributed by atoms with Gasteiger partial charge in [0.2, 0.25) is 0 Å². The first-order valence-electron chi connectivity index (χ1n) is 10.8. The first-order chi connectivity index (χ1) is 16.9. The van der Waals surface area contributed by atoms with Gasteiger partial charge in [0.25, 0.3) is 0 Å². The Kier molecular flexibility index (Phi) is 7.09. The van der Waals surface area contributed by atoms with Gasteiger partial charge >= 0.3 is 11.9 Å². The van der Waals surface area contributed by atoms with Crippen LogP contribution >= 0.6 is 0 Å². The number of aromatic hydroxyl groups is 2. The monoisotopic (exact) mass is 470 g/mol. The van der Waals surface area contributed by atoms with Crippen LogP contribution in [0.4, 0.5) is 0 Å². The van der Waals surface area contributed by atoms with Crippen LogP contribution in [0.15, 0.2) is 96.6 Å². The summed E-state index contributed by atoms with van der Waals surface area (Å²) < 4.78 is 10.8. The fourth-order valence-corrected chi connectivity index (χ4v) is 3.39. The highest BCUT2D eigenvalue weighted by Gasteiger charge is 2.20. The molecule has 0 aromatic heterocycles. The molecule has 3 aromatic rings. The van der Waals surface area contributed by atoms with E-state index in [2.05, 4.69) is 0 Å². The average Bonchev–Trinajstić information content (AvgIpc) is 2.84. The van der Waals surface area contributed by atoms with Crippen molar-refractivity contribution in [1.29, 1.82) is 0 Å². The van der Waals surface area contributed by atoms with Crippen LogP contribution in [0.1, 0.15) is 32.7 Å². The number of esters is 2. The fraction of sp³-hybridized carbons (Fsp3) is 0.0714. The van der Waals surface area contributed by atoms with E-state index >= 15 is 0 Å². The zero-order chi connectivity index (χ0) is 24.8. The Labute approximate surface area is 201 Å². The van der Waals surface area contributed by atoms with E-state index in [-0.39, 0.29) is 34.1 Å². The third-order valence-electron chi connectivity index (χ3n) is 5.13. The Morgan fingerprint density at radius 3 is 2.31 bits per heavy atom. The largest absolute Gasteiger partial charge is 0.508 e. The average molecular weight is 470 g/mol. The Hall–Kier alpha value is -4.62. The molecule has 35 heavy (non-hydrogen) atoms. The molecule has 176 valence electrons. The van der Waals surface area contributed by atoms with Crippen LogP contribution in [0, 0.1) is 0 Å². The zero-order valence-corrected chi connectivity index (χ0v) is 18.5. The SMILES string of the molecule is O=C(Oc1ccccc1C(=O)Oc1cc(O)cc(C=CC2=CCC(O)C=C2)c1)c1ccccc1O. The van der Waals surface area contributed by atoms with Gasteiger partial charge < -0.3 is 24.8 Å². The number of allylic oxidation sites excluding steroid dienone is 3. The van der Waals surface area contributed by atoms with Crippen molar-refractivity contribution in [3.05, 3.63) is 113 Å². The molecule has 1 aliphatic carbocycles. The van der Waals surface area contributed by atoms with Gasteiger partial charge in [0.1, 0.15) is 34.1 Å².